The van der Waals surface area contributed by atoms with Gasteiger partial charge in [-0.1, -0.05) is 0 Å². The number of carbonyl (C=O) groups excluding carboxylic acids is 1. The Balaban J connectivity index is 3.70. The maximum Gasteiger partial charge on any atom is 0.408 e. The third-order valence-electron chi connectivity index (χ3n) is 4.24. The Morgan fingerprint density at radius 2 is 1.73 bits per heavy atom. The van der Waals surface area contributed by atoms with Crippen molar-refractivity contribution in [3.8, 4) is 11.5 Å². The number of nitrogens with zero attached hydrogens (tertiary/aromatic N) is 1. The zero-order valence-electron chi connectivity index (χ0n) is 17.1. The van der Waals surface area contributed by atoms with Crippen molar-refractivity contribution < 1.29 is 24.2 Å². The monoisotopic (exact) mass is 365 g/mol. The van der Waals surface area contributed by atoms with E-state index >= 15 is 0 Å². The highest BCUT2D eigenvalue weighted by atomic mass is 16.5. The molecule has 1 aromatic rings. The number of carbonyl (C=O) groups is 2. The maximum absolute atomic E-state index is 12.2. The minimum absolute atomic E-state index is 0.148. The van der Waals surface area contributed by atoms with Gasteiger partial charge in [-0.05, 0) is 72.6 Å². The molecular weight excluding hydrogens is 334 g/mol. The zero-order valence-corrected chi connectivity index (χ0v) is 17.1. The Hall–Kier alpha value is -2.24. The fourth-order valence-electron chi connectivity index (χ4n) is 3.29. The maximum atomic E-state index is 12.2. The second-order valence-electron chi connectivity index (χ2n) is 7.21. The molecule has 6 nitrogen and oxygen atoms in total. The third kappa shape index (κ3) is 4.48. The molecule has 1 rings (SSSR count). The number of Topliss-reactive ketones (excluding diaryl/α,β-unsaturated/α-hetero) is 1. The summed E-state index contributed by atoms with van der Waals surface area (Å²) in [6.45, 7) is 15.2. The number of carboxylic acid groups (broad SMARTS) is 1. The molecule has 1 N–H and O–H groups in total. The highest BCUT2D eigenvalue weighted by Crippen LogP contribution is 2.40. The lowest BCUT2D eigenvalue weighted by molar-refractivity contribution is 0.0747. The van der Waals surface area contributed by atoms with E-state index in [0.29, 0.717) is 30.3 Å². The number of amides is 1. The molecule has 0 aliphatic carbocycles. The van der Waals surface area contributed by atoms with Crippen LogP contribution in [0, 0.1) is 6.92 Å². The lowest BCUT2D eigenvalue weighted by atomic mass is 9.93. The largest absolute Gasteiger partial charge is 0.493 e. The number of benzene rings is 1. The summed E-state index contributed by atoms with van der Waals surface area (Å²) in [6, 6.07) is 1.33. The van der Waals surface area contributed by atoms with Crippen molar-refractivity contribution in [2.75, 3.05) is 13.2 Å². The van der Waals surface area contributed by atoms with Crippen LogP contribution in [0.5, 0.6) is 11.5 Å². The lowest BCUT2D eigenvalue weighted by Gasteiger charge is -2.39. The Morgan fingerprint density at radius 3 is 2.12 bits per heavy atom. The molecule has 146 valence electrons. The van der Waals surface area contributed by atoms with Crippen LogP contribution in [0.3, 0.4) is 0 Å². The molecule has 0 saturated carbocycles. The van der Waals surface area contributed by atoms with Crippen LogP contribution in [0.25, 0.3) is 0 Å². The molecule has 0 aliphatic rings. The molecule has 0 aliphatic heterocycles. The van der Waals surface area contributed by atoms with Gasteiger partial charge in [0.15, 0.2) is 5.78 Å². The van der Waals surface area contributed by atoms with Crippen molar-refractivity contribution >= 4 is 11.9 Å². The highest BCUT2D eigenvalue weighted by Gasteiger charge is 2.34. The van der Waals surface area contributed by atoms with E-state index < -0.39 is 17.7 Å². The smallest absolute Gasteiger partial charge is 0.408 e. The first-order valence-electron chi connectivity index (χ1n) is 8.93. The topological polar surface area (TPSA) is 76.1 Å². The molecule has 0 bridgehead atoms. The fraction of sp³-hybridized carbons (Fsp3) is 0.600. The van der Waals surface area contributed by atoms with Gasteiger partial charge < -0.3 is 14.6 Å². The second-order valence-corrected chi connectivity index (χ2v) is 7.21. The fourth-order valence-corrected chi connectivity index (χ4v) is 3.29. The van der Waals surface area contributed by atoms with Crippen LogP contribution in [-0.2, 0) is 0 Å². The molecule has 1 atom stereocenters. The van der Waals surface area contributed by atoms with E-state index in [1.807, 2.05) is 48.5 Å². The summed E-state index contributed by atoms with van der Waals surface area (Å²) in [4.78, 5) is 25.5. The predicted molar refractivity (Wildman–Crippen MR) is 102 cm³/mol. The van der Waals surface area contributed by atoms with Gasteiger partial charge in [0.05, 0.1) is 19.3 Å². The van der Waals surface area contributed by atoms with Crippen LogP contribution in [0.15, 0.2) is 6.07 Å². The van der Waals surface area contributed by atoms with Crippen LogP contribution in [-0.4, -0.2) is 40.6 Å². The van der Waals surface area contributed by atoms with Gasteiger partial charge >= 0.3 is 6.09 Å². The average Bonchev–Trinajstić information content (AvgIpc) is 2.48. The van der Waals surface area contributed by atoms with Gasteiger partial charge in [-0.2, -0.15) is 0 Å². The Labute approximate surface area is 156 Å². The third-order valence-corrected chi connectivity index (χ3v) is 4.24. The van der Waals surface area contributed by atoms with Gasteiger partial charge in [-0.15, -0.1) is 0 Å². The first-order chi connectivity index (χ1) is 12.0. The normalized spacial score (nSPS) is 12.5. The number of hydrogen-bond acceptors (Lipinski definition) is 4. The molecule has 0 unspecified atom stereocenters. The summed E-state index contributed by atoms with van der Waals surface area (Å²) < 4.78 is 11.5. The summed E-state index contributed by atoms with van der Waals surface area (Å²) in [6.07, 6.45) is -1.00. The first kappa shape index (κ1) is 21.8. The summed E-state index contributed by atoms with van der Waals surface area (Å²) in [5, 5.41) is 9.73. The molecule has 0 saturated heterocycles. The number of ether oxygens (including phenoxy) is 2. The van der Waals surface area contributed by atoms with Gasteiger partial charge in [0.25, 0.3) is 0 Å². The van der Waals surface area contributed by atoms with Crippen LogP contribution in [0.4, 0.5) is 4.79 Å². The van der Waals surface area contributed by atoms with Gasteiger partial charge in [-0.3, -0.25) is 9.69 Å². The van der Waals surface area contributed by atoms with Crippen molar-refractivity contribution in [2.24, 2.45) is 0 Å². The van der Waals surface area contributed by atoms with E-state index in [9.17, 15) is 14.7 Å². The molecule has 1 amide bonds. The van der Waals surface area contributed by atoms with Gasteiger partial charge in [-0.25, -0.2) is 4.79 Å². The van der Waals surface area contributed by atoms with E-state index in [4.69, 9.17) is 9.47 Å². The molecule has 0 fully saturated rings. The SMILES string of the molecule is CCOc1cc([C@@H](C)N(C(=O)O)C(C)(C)C)c(C)c(OCC)c1C(C)=O. The molecule has 0 heterocycles. The molecular formula is C20H31NO5. The van der Waals surface area contributed by atoms with E-state index in [0.717, 1.165) is 11.1 Å². The quantitative estimate of drug-likeness (QED) is 0.700. The van der Waals surface area contributed by atoms with Crippen LogP contribution < -0.4 is 9.47 Å². The van der Waals surface area contributed by atoms with Crippen LogP contribution in [0.2, 0.25) is 0 Å². The second kappa shape index (κ2) is 8.43. The van der Waals surface area contributed by atoms with Crippen molar-refractivity contribution in [3.63, 3.8) is 0 Å². The zero-order chi connectivity index (χ0) is 20.2. The molecule has 6 heteroatoms. The van der Waals surface area contributed by atoms with Crippen molar-refractivity contribution in [2.45, 2.75) is 67.0 Å². The summed E-state index contributed by atoms with van der Waals surface area (Å²) in [7, 11) is 0. The number of rotatable bonds is 7. The van der Waals surface area contributed by atoms with E-state index in [2.05, 4.69) is 0 Å². The first-order valence-corrected chi connectivity index (χ1v) is 8.93. The van der Waals surface area contributed by atoms with E-state index in [1.165, 1.54) is 11.8 Å². The molecule has 1 aromatic carbocycles. The van der Waals surface area contributed by atoms with Crippen LogP contribution >= 0.6 is 0 Å². The molecule has 26 heavy (non-hydrogen) atoms. The van der Waals surface area contributed by atoms with Gasteiger partial charge in [0, 0.05) is 5.54 Å². The van der Waals surface area contributed by atoms with E-state index in [-0.39, 0.29) is 5.78 Å². The minimum Gasteiger partial charge on any atom is -0.493 e. The molecule has 0 aromatic heterocycles. The molecule has 0 spiro atoms. The van der Waals surface area contributed by atoms with Gasteiger partial charge in [0.2, 0.25) is 0 Å². The minimum atomic E-state index is -1.00. The lowest BCUT2D eigenvalue weighted by Crippen LogP contribution is -2.46. The molecule has 0 radical (unpaired) electrons. The number of hydrogen-bond donors (Lipinski definition) is 1. The standard InChI is InChI=1S/C20H31NO5/c1-9-25-16-11-15(13(4)21(19(23)24)20(6,7)8)12(3)18(26-10-2)17(16)14(5)22/h11,13H,9-10H2,1-8H3,(H,23,24)/t13-/m1/s1. The van der Waals surface area contributed by atoms with E-state index in [1.54, 1.807) is 6.07 Å². The Morgan fingerprint density at radius 1 is 1.19 bits per heavy atom. The summed E-state index contributed by atoms with van der Waals surface area (Å²) in [5.41, 5.74) is 1.33. The van der Waals surface area contributed by atoms with Crippen molar-refractivity contribution in [1.82, 2.24) is 4.90 Å². The average molecular weight is 365 g/mol. The van der Waals surface area contributed by atoms with Crippen LogP contribution in [0.1, 0.15) is 76.0 Å². The Bertz CT molecular complexity index is 676. The summed E-state index contributed by atoms with van der Waals surface area (Å²) in [5.74, 6) is 0.743. The summed E-state index contributed by atoms with van der Waals surface area (Å²) >= 11 is 0. The predicted octanol–water partition coefficient (Wildman–Crippen LogP) is 4.83. The van der Waals surface area contributed by atoms with Gasteiger partial charge in [0.1, 0.15) is 17.1 Å². The van der Waals surface area contributed by atoms with Crippen molar-refractivity contribution in [3.05, 3.63) is 22.8 Å². The van der Waals surface area contributed by atoms with Crippen molar-refractivity contribution in [1.29, 1.82) is 0 Å². The Kier molecular flexibility index (Phi) is 7.07. The number of ketones is 1. The highest BCUT2D eigenvalue weighted by molar-refractivity contribution is 6.00.